The van der Waals surface area contributed by atoms with E-state index in [0.717, 1.165) is 5.39 Å². The molecule has 2 aromatic rings. The van der Waals surface area contributed by atoms with Crippen LogP contribution in [-0.2, 0) is 14.6 Å². The Kier molecular flexibility index (Phi) is 5.36. The van der Waals surface area contributed by atoms with Gasteiger partial charge < -0.3 is 4.74 Å². The third-order valence-corrected chi connectivity index (χ3v) is 6.35. The number of carbonyl (C=O) groups excluding carboxylic acids is 1. The topological polar surface area (TPSA) is 79.8 Å². The molecule has 9 heteroatoms. The third kappa shape index (κ3) is 3.92. The summed E-state index contributed by atoms with van der Waals surface area (Å²) in [5, 5.41) is 4.36. The zero-order valence-corrected chi connectivity index (χ0v) is 16.1. The van der Waals surface area contributed by atoms with Crippen molar-refractivity contribution in [1.82, 2.24) is 15.0 Å². The van der Waals surface area contributed by atoms with Crippen molar-refractivity contribution in [3.8, 4) is 5.75 Å². The van der Waals surface area contributed by atoms with Crippen molar-refractivity contribution < 1.29 is 17.9 Å². The molecule has 7 nitrogen and oxygen atoms in total. The minimum Gasteiger partial charge on any atom is -0.481 e. The Bertz CT molecular complexity index is 933. The minimum absolute atomic E-state index is 0.0254. The van der Waals surface area contributed by atoms with E-state index in [1.807, 2.05) is 6.07 Å². The van der Waals surface area contributed by atoms with E-state index in [9.17, 15) is 13.2 Å². The van der Waals surface area contributed by atoms with Crippen molar-refractivity contribution in [3.05, 3.63) is 35.5 Å². The summed E-state index contributed by atoms with van der Waals surface area (Å²) in [5.74, 6) is 0.219. The van der Waals surface area contributed by atoms with Gasteiger partial charge in [-0.05, 0) is 30.7 Å². The third-order valence-electron chi connectivity index (χ3n) is 4.27. The Morgan fingerprint density at radius 1 is 1.35 bits per heavy atom. The lowest BCUT2D eigenvalue weighted by Gasteiger charge is -2.33. The van der Waals surface area contributed by atoms with Crippen molar-refractivity contribution in [2.75, 3.05) is 32.2 Å². The van der Waals surface area contributed by atoms with Gasteiger partial charge in [0.25, 0.3) is 5.91 Å². The van der Waals surface area contributed by atoms with E-state index in [0.29, 0.717) is 22.7 Å². The van der Waals surface area contributed by atoms with Gasteiger partial charge in [0.15, 0.2) is 16.4 Å². The highest BCUT2D eigenvalue weighted by Gasteiger charge is 2.36. The number of hydrazine groups is 1. The highest BCUT2D eigenvalue weighted by Crippen LogP contribution is 2.29. The summed E-state index contributed by atoms with van der Waals surface area (Å²) in [6.45, 7) is -0.220. The molecule has 0 bridgehead atoms. The van der Waals surface area contributed by atoms with Crippen molar-refractivity contribution in [2.45, 2.75) is 12.5 Å². The zero-order valence-electron chi connectivity index (χ0n) is 14.6. The highest BCUT2D eigenvalue weighted by atomic mass is 35.5. The van der Waals surface area contributed by atoms with Crippen LogP contribution in [0.3, 0.4) is 0 Å². The molecule has 0 spiro atoms. The second-order valence-corrected chi connectivity index (χ2v) is 9.01. The van der Waals surface area contributed by atoms with Gasteiger partial charge >= 0.3 is 0 Å². The van der Waals surface area contributed by atoms with Crippen LogP contribution in [0.1, 0.15) is 6.42 Å². The molecule has 1 aromatic carbocycles. The van der Waals surface area contributed by atoms with Crippen LogP contribution in [0.2, 0.25) is 5.02 Å². The van der Waals surface area contributed by atoms with Crippen LogP contribution in [0.15, 0.2) is 30.5 Å². The second-order valence-electron chi connectivity index (χ2n) is 6.38. The molecule has 26 heavy (non-hydrogen) atoms. The van der Waals surface area contributed by atoms with Gasteiger partial charge in [-0.1, -0.05) is 11.6 Å². The number of sulfone groups is 1. The fraction of sp³-hybridized carbons (Fsp3) is 0.412. The maximum absolute atomic E-state index is 12.7. The molecule has 3 rings (SSSR count). The summed E-state index contributed by atoms with van der Waals surface area (Å²) in [6.07, 6.45) is 2.06. The molecule has 0 saturated carbocycles. The first-order valence-corrected chi connectivity index (χ1v) is 10.3. The van der Waals surface area contributed by atoms with Crippen molar-refractivity contribution in [1.29, 1.82) is 0 Å². The number of ether oxygens (including phenoxy) is 1. The van der Waals surface area contributed by atoms with Crippen LogP contribution in [0.5, 0.6) is 5.75 Å². The first-order chi connectivity index (χ1) is 12.3. The SMILES string of the molecule is CN(C)N(C(=O)COc1ccc(Cl)c2cccnc12)C1CCS(=O)(=O)C1. The molecule has 1 amide bonds. The minimum atomic E-state index is -3.09. The molecule has 1 aromatic heterocycles. The molecule has 0 aliphatic carbocycles. The van der Waals surface area contributed by atoms with E-state index in [2.05, 4.69) is 4.98 Å². The fourth-order valence-electron chi connectivity index (χ4n) is 3.16. The van der Waals surface area contributed by atoms with Gasteiger partial charge in [0, 0.05) is 25.7 Å². The van der Waals surface area contributed by atoms with Crippen molar-refractivity contribution in [2.24, 2.45) is 0 Å². The van der Waals surface area contributed by atoms with Gasteiger partial charge in [0.2, 0.25) is 0 Å². The number of hydrogen-bond donors (Lipinski definition) is 0. The molecule has 1 unspecified atom stereocenters. The molecule has 1 aliphatic rings. The number of halogens is 1. The number of rotatable bonds is 5. The van der Waals surface area contributed by atoms with Crippen LogP contribution in [0.4, 0.5) is 0 Å². The van der Waals surface area contributed by atoms with Crippen LogP contribution in [0, 0.1) is 0 Å². The first-order valence-electron chi connectivity index (χ1n) is 8.14. The summed E-state index contributed by atoms with van der Waals surface area (Å²) in [4.78, 5) is 16.9. The highest BCUT2D eigenvalue weighted by molar-refractivity contribution is 7.91. The Balaban J connectivity index is 1.76. The molecule has 1 atom stereocenters. The van der Waals surface area contributed by atoms with Gasteiger partial charge in [-0.2, -0.15) is 0 Å². The zero-order chi connectivity index (χ0) is 18.9. The van der Waals surface area contributed by atoms with Gasteiger partial charge in [0.1, 0.15) is 11.3 Å². The van der Waals surface area contributed by atoms with Gasteiger partial charge in [0.05, 0.1) is 22.6 Å². The number of hydrogen-bond acceptors (Lipinski definition) is 6. The summed E-state index contributed by atoms with van der Waals surface area (Å²) < 4.78 is 29.2. The number of carbonyl (C=O) groups is 1. The lowest BCUT2D eigenvalue weighted by molar-refractivity contribution is -0.151. The normalized spacial score (nSPS) is 19.0. The van der Waals surface area contributed by atoms with Gasteiger partial charge in [-0.15, -0.1) is 0 Å². The van der Waals surface area contributed by atoms with Crippen LogP contribution < -0.4 is 4.74 Å². The van der Waals surface area contributed by atoms with Crippen molar-refractivity contribution in [3.63, 3.8) is 0 Å². The molecule has 140 valence electrons. The summed E-state index contributed by atoms with van der Waals surface area (Å²) in [7, 11) is 0.327. The molecule has 1 saturated heterocycles. The van der Waals surface area contributed by atoms with E-state index in [1.165, 1.54) is 5.01 Å². The Labute approximate surface area is 157 Å². The summed E-state index contributed by atoms with van der Waals surface area (Å²) in [5.41, 5.74) is 0.577. The smallest absolute Gasteiger partial charge is 0.275 e. The first kappa shape index (κ1) is 18.9. The quantitative estimate of drug-likeness (QED) is 0.715. The number of nitrogens with zero attached hydrogens (tertiary/aromatic N) is 3. The predicted molar refractivity (Wildman–Crippen MR) is 99.8 cm³/mol. The van der Waals surface area contributed by atoms with Gasteiger partial charge in [-0.25, -0.2) is 13.4 Å². The second kappa shape index (κ2) is 7.38. The van der Waals surface area contributed by atoms with Crippen LogP contribution >= 0.6 is 11.6 Å². The van der Waals surface area contributed by atoms with E-state index < -0.39 is 9.84 Å². The molecule has 1 aliphatic heterocycles. The number of amides is 1. The van der Waals surface area contributed by atoms with Crippen molar-refractivity contribution >= 4 is 38.2 Å². The molecular weight excluding hydrogens is 378 g/mol. The Morgan fingerprint density at radius 2 is 2.12 bits per heavy atom. The lowest BCUT2D eigenvalue weighted by atomic mass is 10.2. The van der Waals surface area contributed by atoms with E-state index in [4.69, 9.17) is 16.3 Å². The standard InChI is InChI=1S/C17H20ClN3O4S/c1-20(2)21(12-7-9-26(23,24)11-12)16(22)10-25-15-6-5-14(18)13-4-3-8-19-17(13)15/h3-6,8,12H,7,9-11H2,1-2H3. The largest absolute Gasteiger partial charge is 0.481 e. The maximum atomic E-state index is 12.7. The summed E-state index contributed by atoms with van der Waals surface area (Å²) in [6, 6.07) is 6.60. The molecular formula is C17H20ClN3O4S. The average molecular weight is 398 g/mol. The Morgan fingerprint density at radius 3 is 2.77 bits per heavy atom. The number of pyridine rings is 1. The Hall–Kier alpha value is -1.90. The number of fused-ring (bicyclic) bond motifs is 1. The summed E-state index contributed by atoms with van der Waals surface area (Å²) >= 11 is 6.16. The van der Waals surface area contributed by atoms with Gasteiger partial charge in [-0.3, -0.25) is 14.8 Å². The molecule has 0 N–H and O–H groups in total. The number of aromatic nitrogens is 1. The number of benzene rings is 1. The molecule has 0 radical (unpaired) electrons. The lowest BCUT2D eigenvalue weighted by Crippen LogP contribution is -2.51. The van der Waals surface area contributed by atoms with E-state index >= 15 is 0 Å². The average Bonchev–Trinajstić information content (AvgIpc) is 2.94. The van der Waals surface area contributed by atoms with Crippen LogP contribution in [-0.4, -0.2) is 67.6 Å². The monoisotopic (exact) mass is 397 g/mol. The van der Waals surface area contributed by atoms with Crippen LogP contribution in [0.25, 0.3) is 10.9 Å². The predicted octanol–water partition coefficient (Wildman–Crippen LogP) is 1.76. The maximum Gasteiger partial charge on any atom is 0.275 e. The molecule has 1 fully saturated rings. The molecule has 2 heterocycles. The van der Waals surface area contributed by atoms with E-state index in [1.54, 1.807) is 43.5 Å². The fourth-order valence-corrected chi connectivity index (χ4v) is 5.06. The van der Waals surface area contributed by atoms with E-state index in [-0.39, 0.29) is 30.1 Å².